The number of likely N-dealkylation sites (tertiary alicyclic amines) is 1. The average molecular weight is 398 g/mol. The molecular weight excluding hydrogens is 378 g/mol. The van der Waals surface area contributed by atoms with E-state index in [9.17, 15) is 4.79 Å². The Bertz CT molecular complexity index is 939. The minimum absolute atomic E-state index is 0.0659. The van der Waals surface area contributed by atoms with E-state index in [2.05, 4.69) is 15.0 Å². The Morgan fingerprint density at radius 1 is 1.14 bits per heavy atom. The van der Waals surface area contributed by atoms with Gasteiger partial charge in [0.1, 0.15) is 6.04 Å². The van der Waals surface area contributed by atoms with Crippen molar-refractivity contribution < 1.29 is 14.1 Å². The molecule has 144 valence electrons. The normalized spacial score (nSPS) is 15.5. The Balaban J connectivity index is 1.45. The second-order valence-electron chi connectivity index (χ2n) is 6.69. The molecule has 4 rings (SSSR count). The number of nitrogens with zero attached hydrogens (tertiary/aromatic N) is 3. The van der Waals surface area contributed by atoms with Crippen molar-refractivity contribution in [3.63, 3.8) is 0 Å². The smallest absolute Gasteiger partial charge is 0.328 e. The van der Waals surface area contributed by atoms with Gasteiger partial charge in [-0.05, 0) is 43.6 Å². The lowest BCUT2D eigenvalue weighted by Crippen LogP contribution is -2.33. The molecule has 0 aliphatic carbocycles. The van der Waals surface area contributed by atoms with Crippen molar-refractivity contribution in [1.82, 2.24) is 15.0 Å². The van der Waals surface area contributed by atoms with Crippen molar-refractivity contribution in [1.29, 1.82) is 0 Å². The molecule has 6 nitrogen and oxygen atoms in total. The zero-order valence-electron chi connectivity index (χ0n) is 15.3. The van der Waals surface area contributed by atoms with Crippen LogP contribution >= 0.6 is 11.6 Å². The fourth-order valence-electron chi connectivity index (χ4n) is 3.40. The number of carbonyl (C=O) groups is 1. The Labute approximate surface area is 168 Å². The van der Waals surface area contributed by atoms with Crippen LogP contribution < -0.4 is 0 Å². The molecule has 1 unspecified atom stereocenters. The summed E-state index contributed by atoms with van der Waals surface area (Å²) in [4.78, 5) is 19.3. The third-order valence-electron chi connectivity index (χ3n) is 4.73. The molecule has 1 fully saturated rings. The number of hydrogen-bond acceptors (Lipinski definition) is 6. The van der Waals surface area contributed by atoms with E-state index in [1.165, 1.54) is 0 Å². The number of ether oxygens (including phenoxy) is 1. The van der Waals surface area contributed by atoms with Crippen LogP contribution in [0.25, 0.3) is 11.4 Å². The molecule has 1 aliphatic heterocycles. The monoisotopic (exact) mass is 397 g/mol. The highest BCUT2D eigenvalue weighted by molar-refractivity contribution is 6.30. The fraction of sp³-hybridized carbons (Fsp3) is 0.286. The summed E-state index contributed by atoms with van der Waals surface area (Å²) in [5.74, 6) is 0.347. The van der Waals surface area contributed by atoms with Crippen molar-refractivity contribution in [2.45, 2.75) is 25.5 Å². The van der Waals surface area contributed by atoms with Crippen LogP contribution in [0.4, 0.5) is 0 Å². The minimum Gasteiger partial charge on any atom is -0.454 e. The highest BCUT2D eigenvalue weighted by atomic mass is 35.5. The van der Waals surface area contributed by atoms with Crippen molar-refractivity contribution in [3.8, 4) is 11.4 Å². The van der Waals surface area contributed by atoms with E-state index in [1.807, 2.05) is 42.5 Å². The largest absolute Gasteiger partial charge is 0.454 e. The predicted octanol–water partition coefficient (Wildman–Crippen LogP) is 4.27. The minimum atomic E-state index is -0.418. The molecule has 1 aromatic heterocycles. The van der Waals surface area contributed by atoms with Gasteiger partial charge < -0.3 is 9.26 Å². The van der Waals surface area contributed by atoms with Crippen LogP contribution in [0.15, 0.2) is 59.1 Å². The van der Waals surface area contributed by atoms with Crippen molar-refractivity contribution in [2.75, 3.05) is 13.1 Å². The summed E-state index contributed by atoms with van der Waals surface area (Å²) in [5, 5.41) is 4.53. The van der Waals surface area contributed by atoms with Gasteiger partial charge in [0.05, 0.1) is 0 Å². The lowest BCUT2D eigenvalue weighted by atomic mass is 10.1. The number of carbonyl (C=O) groups excluding carboxylic acids is 1. The summed E-state index contributed by atoms with van der Waals surface area (Å²) < 4.78 is 10.8. The van der Waals surface area contributed by atoms with Crippen LogP contribution in [0.3, 0.4) is 0 Å². The van der Waals surface area contributed by atoms with Crippen LogP contribution in [-0.4, -0.2) is 34.1 Å². The van der Waals surface area contributed by atoms with Crippen LogP contribution in [0.2, 0.25) is 5.02 Å². The van der Waals surface area contributed by atoms with Crippen molar-refractivity contribution in [2.24, 2.45) is 0 Å². The van der Waals surface area contributed by atoms with Crippen molar-refractivity contribution >= 4 is 17.6 Å². The van der Waals surface area contributed by atoms with Gasteiger partial charge in [-0.3, -0.25) is 4.90 Å². The average Bonchev–Trinajstić information content (AvgIpc) is 3.40. The standard InChI is InChI=1S/C21H20ClN3O3/c22-17-10-6-9-16(13-17)20-23-18(28-24-20)14-27-21(26)19(25-11-4-5-12-25)15-7-2-1-3-8-15/h1-3,6-10,13,19H,4-5,11-12,14H2. The number of rotatable bonds is 6. The summed E-state index contributed by atoms with van der Waals surface area (Å²) in [6.07, 6.45) is 2.17. The lowest BCUT2D eigenvalue weighted by molar-refractivity contribution is -0.152. The Kier molecular flexibility index (Phi) is 5.69. The van der Waals surface area contributed by atoms with E-state index in [4.69, 9.17) is 20.9 Å². The van der Waals surface area contributed by atoms with Gasteiger partial charge in [-0.1, -0.05) is 59.2 Å². The molecule has 3 aromatic rings. The number of aromatic nitrogens is 2. The quantitative estimate of drug-likeness (QED) is 0.578. The van der Waals surface area contributed by atoms with E-state index in [0.717, 1.165) is 37.1 Å². The maximum absolute atomic E-state index is 12.9. The zero-order chi connectivity index (χ0) is 19.3. The van der Waals surface area contributed by atoms with Crippen LogP contribution in [0.1, 0.15) is 30.3 Å². The molecule has 0 N–H and O–H groups in total. The third-order valence-corrected chi connectivity index (χ3v) is 4.97. The lowest BCUT2D eigenvalue weighted by Gasteiger charge is -2.25. The van der Waals surface area contributed by atoms with E-state index >= 15 is 0 Å². The molecule has 1 saturated heterocycles. The topological polar surface area (TPSA) is 68.5 Å². The summed E-state index contributed by atoms with van der Waals surface area (Å²) in [5.41, 5.74) is 1.67. The van der Waals surface area contributed by atoms with E-state index in [1.54, 1.807) is 12.1 Å². The van der Waals surface area contributed by atoms with Crippen LogP contribution in [-0.2, 0) is 16.1 Å². The van der Waals surface area contributed by atoms with E-state index < -0.39 is 6.04 Å². The Hall–Kier alpha value is -2.70. The van der Waals surface area contributed by atoms with E-state index in [0.29, 0.717) is 10.8 Å². The van der Waals surface area contributed by atoms with Gasteiger partial charge in [0.15, 0.2) is 6.61 Å². The predicted molar refractivity (Wildman–Crippen MR) is 105 cm³/mol. The number of hydrogen-bond donors (Lipinski definition) is 0. The van der Waals surface area contributed by atoms with Crippen molar-refractivity contribution in [3.05, 3.63) is 71.1 Å². The summed E-state index contributed by atoms with van der Waals surface area (Å²) >= 11 is 6.00. The van der Waals surface area contributed by atoms with Gasteiger partial charge in [-0.2, -0.15) is 4.98 Å². The third kappa shape index (κ3) is 4.24. The van der Waals surface area contributed by atoms with Gasteiger partial charge >= 0.3 is 5.97 Å². The van der Waals surface area contributed by atoms with Gasteiger partial charge in [0.2, 0.25) is 5.82 Å². The van der Waals surface area contributed by atoms with Gasteiger partial charge in [0, 0.05) is 10.6 Å². The molecule has 1 atom stereocenters. The number of halogens is 1. The molecule has 2 aromatic carbocycles. The fourth-order valence-corrected chi connectivity index (χ4v) is 3.59. The number of benzene rings is 2. The molecule has 7 heteroatoms. The van der Waals surface area contributed by atoms with Crippen LogP contribution in [0, 0.1) is 0 Å². The SMILES string of the molecule is O=C(OCc1nc(-c2cccc(Cl)c2)no1)C(c1ccccc1)N1CCCC1. The highest BCUT2D eigenvalue weighted by Gasteiger charge is 2.31. The molecule has 0 amide bonds. The first-order chi connectivity index (χ1) is 13.7. The first kappa shape index (κ1) is 18.7. The van der Waals surface area contributed by atoms with Gasteiger partial charge in [0.25, 0.3) is 5.89 Å². The second-order valence-corrected chi connectivity index (χ2v) is 7.12. The molecule has 1 aliphatic rings. The summed E-state index contributed by atoms with van der Waals surface area (Å²) in [7, 11) is 0. The zero-order valence-corrected chi connectivity index (χ0v) is 16.0. The first-order valence-corrected chi connectivity index (χ1v) is 9.62. The molecule has 2 heterocycles. The summed E-state index contributed by atoms with van der Waals surface area (Å²) in [6.45, 7) is 1.70. The van der Waals surface area contributed by atoms with Gasteiger partial charge in [-0.15, -0.1) is 0 Å². The van der Waals surface area contributed by atoms with Crippen LogP contribution in [0.5, 0.6) is 0 Å². The maximum atomic E-state index is 12.9. The molecular formula is C21H20ClN3O3. The Morgan fingerprint density at radius 2 is 1.93 bits per heavy atom. The van der Waals surface area contributed by atoms with E-state index in [-0.39, 0.29) is 18.5 Å². The molecule has 28 heavy (non-hydrogen) atoms. The maximum Gasteiger partial charge on any atom is 0.328 e. The molecule has 0 radical (unpaired) electrons. The molecule has 0 bridgehead atoms. The molecule has 0 spiro atoms. The summed E-state index contributed by atoms with van der Waals surface area (Å²) in [6, 6.07) is 16.5. The molecule has 0 saturated carbocycles. The highest BCUT2D eigenvalue weighted by Crippen LogP contribution is 2.27. The second kappa shape index (κ2) is 8.54. The number of esters is 1. The Morgan fingerprint density at radius 3 is 2.68 bits per heavy atom. The first-order valence-electron chi connectivity index (χ1n) is 9.25. The van der Waals surface area contributed by atoms with Gasteiger partial charge in [-0.25, -0.2) is 4.79 Å².